The van der Waals surface area contributed by atoms with Crippen molar-refractivity contribution in [3.63, 3.8) is 0 Å². The van der Waals surface area contributed by atoms with Crippen LogP contribution < -0.4 is 10.1 Å². The van der Waals surface area contributed by atoms with Gasteiger partial charge in [0, 0.05) is 23.0 Å². The molecule has 0 saturated carbocycles. The van der Waals surface area contributed by atoms with Gasteiger partial charge in [-0.1, -0.05) is 37.6 Å². The average Bonchev–Trinajstić information content (AvgIpc) is 2.77. The van der Waals surface area contributed by atoms with E-state index < -0.39 is 6.04 Å². The Morgan fingerprint density at radius 2 is 1.90 bits per heavy atom. The lowest BCUT2D eigenvalue weighted by Crippen LogP contribution is -2.49. The largest absolute Gasteiger partial charge is 0.497 e. The van der Waals surface area contributed by atoms with Crippen LogP contribution >= 0.6 is 23.4 Å². The molecule has 0 aliphatic heterocycles. The zero-order chi connectivity index (χ0) is 21.9. The third kappa shape index (κ3) is 7.26. The van der Waals surface area contributed by atoms with Crippen molar-refractivity contribution in [3.8, 4) is 5.75 Å². The van der Waals surface area contributed by atoms with Gasteiger partial charge in [0.2, 0.25) is 11.8 Å². The van der Waals surface area contributed by atoms with Crippen LogP contribution in [0.2, 0.25) is 5.02 Å². The lowest BCUT2D eigenvalue weighted by atomic mass is 10.1. The van der Waals surface area contributed by atoms with Gasteiger partial charge in [0.25, 0.3) is 0 Å². The number of benzene rings is 2. The van der Waals surface area contributed by atoms with E-state index in [1.165, 1.54) is 11.8 Å². The standard InChI is InChI=1S/C23H29ClN2O3S/c1-4-13-25-23(28)21(5-2)26(15-17-7-6-8-19(14-17)29-3)22(27)16-30-20-11-9-18(24)10-12-20/h6-12,14,21H,4-5,13,15-16H2,1-3H3,(H,25,28). The lowest BCUT2D eigenvalue weighted by molar-refractivity contribution is -0.139. The van der Waals surface area contributed by atoms with Gasteiger partial charge in [-0.05, 0) is 54.8 Å². The van der Waals surface area contributed by atoms with Crippen LogP contribution in [0.5, 0.6) is 5.75 Å². The fraction of sp³-hybridized carbons (Fsp3) is 0.391. The highest BCUT2D eigenvalue weighted by Crippen LogP contribution is 2.23. The molecule has 0 spiro atoms. The molecule has 2 aromatic rings. The number of rotatable bonds is 11. The number of nitrogens with zero attached hydrogens (tertiary/aromatic N) is 1. The molecule has 7 heteroatoms. The molecule has 0 radical (unpaired) electrons. The molecule has 2 amide bonds. The Bertz CT molecular complexity index is 829. The van der Waals surface area contributed by atoms with Crippen molar-refractivity contribution >= 4 is 35.2 Å². The third-order valence-corrected chi connectivity index (χ3v) is 5.85. The number of thioether (sulfide) groups is 1. The highest BCUT2D eigenvalue weighted by Gasteiger charge is 2.28. The average molecular weight is 449 g/mol. The van der Waals surface area contributed by atoms with Gasteiger partial charge in [-0.25, -0.2) is 0 Å². The molecule has 162 valence electrons. The van der Waals surface area contributed by atoms with E-state index in [1.807, 2.05) is 50.2 Å². The Morgan fingerprint density at radius 3 is 2.53 bits per heavy atom. The number of methoxy groups -OCH3 is 1. The Kier molecular flexibility index (Phi) is 10.0. The molecule has 1 N–H and O–H groups in total. The Hall–Kier alpha value is -2.18. The fourth-order valence-electron chi connectivity index (χ4n) is 3.01. The minimum Gasteiger partial charge on any atom is -0.497 e. The summed E-state index contributed by atoms with van der Waals surface area (Å²) in [6.45, 7) is 4.86. The van der Waals surface area contributed by atoms with E-state index >= 15 is 0 Å². The summed E-state index contributed by atoms with van der Waals surface area (Å²) in [6.07, 6.45) is 1.38. The van der Waals surface area contributed by atoms with Gasteiger partial charge in [-0.2, -0.15) is 0 Å². The van der Waals surface area contributed by atoms with Gasteiger partial charge in [0.05, 0.1) is 12.9 Å². The quantitative estimate of drug-likeness (QED) is 0.503. The third-order valence-electron chi connectivity index (χ3n) is 4.60. The first-order valence-electron chi connectivity index (χ1n) is 10.1. The summed E-state index contributed by atoms with van der Waals surface area (Å²) in [5, 5.41) is 3.58. The number of amides is 2. The van der Waals surface area contributed by atoms with Gasteiger partial charge < -0.3 is 15.0 Å². The Balaban J connectivity index is 2.20. The monoisotopic (exact) mass is 448 g/mol. The first-order chi connectivity index (χ1) is 14.5. The molecule has 2 aromatic carbocycles. The second kappa shape index (κ2) is 12.5. The van der Waals surface area contributed by atoms with E-state index in [1.54, 1.807) is 24.1 Å². The maximum Gasteiger partial charge on any atom is 0.242 e. The molecule has 30 heavy (non-hydrogen) atoms. The molecule has 1 unspecified atom stereocenters. The van der Waals surface area contributed by atoms with Crippen molar-refractivity contribution < 1.29 is 14.3 Å². The number of nitrogens with one attached hydrogen (secondary N) is 1. The summed E-state index contributed by atoms with van der Waals surface area (Å²) in [5.41, 5.74) is 0.918. The number of halogens is 1. The predicted molar refractivity (Wildman–Crippen MR) is 123 cm³/mol. The topological polar surface area (TPSA) is 58.6 Å². The first kappa shape index (κ1) is 24.1. The first-order valence-corrected chi connectivity index (χ1v) is 11.4. The van der Waals surface area contributed by atoms with Crippen LogP contribution in [-0.4, -0.2) is 42.2 Å². The summed E-state index contributed by atoms with van der Waals surface area (Å²) in [4.78, 5) is 28.6. The van der Waals surface area contributed by atoms with Crippen LogP contribution in [0.4, 0.5) is 0 Å². The van der Waals surface area contributed by atoms with Gasteiger partial charge in [-0.15, -0.1) is 11.8 Å². The van der Waals surface area contributed by atoms with Crippen LogP contribution in [0, 0.1) is 0 Å². The maximum absolute atomic E-state index is 13.2. The van der Waals surface area contributed by atoms with E-state index in [-0.39, 0.29) is 17.6 Å². The van der Waals surface area contributed by atoms with Crippen molar-refractivity contribution in [1.82, 2.24) is 10.2 Å². The van der Waals surface area contributed by atoms with Gasteiger partial charge in [0.15, 0.2) is 0 Å². The molecule has 0 aliphatic rings. The molecule has 0 aromatic heterocycles. The molecule has 0 bridgehead atoms. The second-order valence-electron chi connectivity index (χ2n) is 6.83. The molecule has 1 atom stereocenters. The van der Waals surface area contributed by atoms with E-state index in [2.05, 4.69) is 5.32 Å². The second-order valence-corrected chi connectivity index (χ2v) is 8.32. The normalized spacial score (nSPS) is 11.6. The van der Waals surface area contributed by atoms with Crippen LogP contribution in [0.15, 0.2) is 53.4 Å². The highest BCUT2D eigenvalue weighted by molar-refractivity contribution is 8.00. The Labute approximate surface area is 188 Å². The highest BCUT2D eigenvalue weighted by atomic mass is 35.5. The lowest BCUT2D eigenvalue weighted by Gasteiger charge is -2.30. The maximum atomic E-state index is 13.2. The SMILES string of the molecule is CCCNC(=O)C(CC)N(Cc1cccc(OC)c1)C(=O)CSc1ccc(Cl)cc1. The minimum absolute atomic E-state index is 0.0868. The Morgan fingerprint density at radius 1 is 1.17 bits per heavy atom. The molecular formula is C23H29ClN2O3S. The molecule has 0 saturated heterocycles. The number of carbonyl (C=O) groups is 2. The van der Waals surface area contributed by atoms with Crippen molar-refractivity contribution in [3.05, 3.63) is 59.1 Å². The fourth-order valence-corrected chi connectivity index (χ4v) is 3.92. The van der Waals surface area contributed by atoms with Crippen molar-refractivity contribution in [2.45, 2.75) is 44.2 Å². The van der Waals surface area contributed by atoms with E-state index in [0.29, 0.717) is 24.5 Å². The van der Waals surface area contributed by atoms with Crippen LogP contribution in [-0.2, 0) is 16.1 Å². The smallest absolute Gasteiger partial charge is 0.242 e. The van der Waals surface area contributed by atoms with Crippen molar-refractivity contribution in [1.29, 1.82) is 0 Å². The number of ether oxygens (including phenoxy) is 1. The zero-order valence-corrected chi connectivity index (χ0v) is 19.3. The van der Waals surface area contributed by atoms with Crippen molar-refractivity contribution in [2.24, 2.45) is 0 Å². The van der Waals surface area contributed by atoms with Crippen molar-refractivity contribution in [2.75, 3.05) is 19.4 Å². The van der Waals surface area contributed by atoms with E-state index in [9.17, 15) is 9.59 Å². The zero-order valence-electron chi connectivity index (χ0n) is 17.7. The molecule has 0 heterocycles. The van der Waals surface area contributed by atoms with E-state index in [0.717, 1.165) is 22.6 Å². The summed E-state index contributed by atoms with van der Waals surface area (Å²) in [6, 6.07) is 14.4. The summed E-state index contributed by atoms with van der Waals surface area (Å²) >= 11 is 7.37. The summed E-state index contributed by atoms with van der Waals surface area (Å²) in [7, 11) is 1.61. The number of carbonyl (C=O) groups excluding carboxylic acids is 2. The minimum atomic E-state index is -0.527. The predicted octanol–water partition coefficient (Wildman–Crippen LogP) is 4.77. The molecular weight excluding hydrogens is 420 g/mol. The van der Waals surface area contributed by atoms with Crippen LogP contribution in [0.25, 0.3) is 0 Å². The molecule has 5 nitrogen and oxygen atoms in total. The summed E-state index contributed by atoms with van der Waals surface area (Å²) < 4.78 is 5.30. The van der Waals surface area contributed by atoms with Gasteiger partial charge >= 0.3 is 0 Å². The number of hydrogen-bond donors (Lipinski definition) is 1. The van der Waals surface area contributed by atoms with E-state index in [4.69, 9.17) is 16.3 Å². The van der Waals surface area contributed by atoms with Gasteiger partial charge in [-0.3, -0.25) is 9.59 Å². The number of hydrogen-bond acceptors (Lipinski definition) is 4. The molecule has 2 rings (SSSR count). The molecule has 0 fully saturated rings. The van der Waals surface area contributed by atoms with Crippen LogP contribution in [0.3, 0.4) is 0 Å². The van der Waals surface area contributed by atoms with Gasteiger partial charge in [0.1, 0.15) is 11.8 Å². The van der Waals surface area contributed by atoms with Crippen LogP contribution in [0.1, 0.15) is 32.3 Å². The molecule has 0 aliphatic carbocycles. The summed E-state index contributed by atoms with van der Waals surface area (Å²) in [5.74, 6) is 0.755.